The number of rotatable bonds is 5. The lowest BCUT2D eigenvalue weighted by Crippen LogP contribution is -2.10. The molecule has 5 nitrogen and oxygen atoms in total. The van der Waals surface area contributed by atoms with Gasteiger partial charge in [-0.15, -0.1) is 0 Å². The summed E-state index contributed by atoms with van der Waals surface area (Å²) >= 11 is 12.0. The van der Waals surface area contributed by atoms with Crippen LogP contribution >= 0.6 is 23.2 Å². The van der Waals surface area contributed by atoms with Crippen molar-refractivity contribution in [1.29, 1.82) is 0 Å². The van der Waals surface area contributed by atoms with Crippen LogP contribution in [0, 0.1) is 6.92 Å². The van der Waals surface area contributed by atoms with Gasteiger partial charge < -0.3 is 5.32 Å². The van der Waals surface area contributed by atoms with Crippen LogP contribution in [0.4, 0.5) is 11.4 Å². The molecule has 0 saturated carbocycles. The highest BCUT2D eigenvalue weighted by molar-refractivity contribution is 7.92. The summed E-state index contributed by atoms with van der Waals surface area (Å²) in [5, 5.41) is 5.20. The Morgan fingerprint density at radius 1 is 1.04 bits per heavy atom. The smallest absolute Gasteiger partial charge is 0.229 e. The Morgan fingerprint density at radius 3 is 2.50 bits per heavy atom. The van der Waals surface area contributed by atoms with Crippen LogP contribution in [0.2, 0.25) is 10.0 Å². The molecular formula is C18H17Cl2N3O2S. The van der Waals surface area contributed by atoms with Crippen molar-refractivity contribution in [3.8, 4) is 0 Å². The fourth-order valence-electron chi connectivity index (χ4n) is 2.65. The third-order valence-corrected chi connectivity index (χ3v) is 5.06. The maximum Gasteiger partial charge on any atom is 0.229 e. The summed E-state index contributed by atoms with van der Waals surface area (Å²) in [5.74, 6) is 0. The molecule has 0 bridgehead atoms. The molecule has 26 heavy (non-hydrogen) atoms. The summed E-state index contributed by atoms with van der Waals surface area (Å²) in [6, 6.07) is 12.8. The Balaban J connectivity index is 1.97. The van der Waals surface area contributed by atoms with E-state index in [9.17, 15) is 8.42 Å². The van der Waals surface area contributed by atoms with Gasteiger partial charge in [-0.2, -0.15) is 0 Å². The number of fused-ring (bicyclic) bond motifs is 1. The molecule has 136 valence electrons. The summed E-state index contributed by atoms with van der Waals surface area (Å²) in [6.45, 7) is 2.40. The van der Waals surface area contributed by atoms with Crippen LogP contribution in [0.5, 0.6) is 0 Å². The molecule has 0 aliphatic carbocycles. The molecule has 8 heteroatoms. The van der Waals surface area contributed by atoms with E-state index in [4.69, 9.17) is 23.2 Å². The number of benzene rings is 2. The van der Waals surface area contributed by atoms with Crippen molar-refractivity contribution in [3.63, 3.8) is 0 Å². The van der Waals surface area contributed by atoms with Crippen molar-refractivity contribution in [3.05, 3.63) is 63.8 Å². The van der Waals surface area contributed by atoms with E-state index >= 15 is 0 Å². The highest BCUT2D eigenvalue weighted by Gasteiger charge is 2.11. The second-order valence-corrected chi connectivity index (χ2v) is 8.55. The van der Waals surface area contributed by atoms with Crippen LogP contribution in [0.25, 0.3) is 10.9 Å². The molecule has 0 saturated heterocycles. The summed E-state index contributed by atoms with van der Waals surface area (Å²) in [6.07, 6.45) is 1.12. The molecule has 2 aromatic carbocycles. The molecule has 2 N–H and O–H groups in total. The number of sulfonamides is 1. The van der Waals surface area contributed by atoms with E-state index in [1.54, 1.807) is 18.2 Å². The minimum atomic E-state index is -3.40. The molecule has 3 rings (SSSR count). The largest absolute Gasteiger partial charge is 0.380 e. The number of aryl methyl sites for hydroxylation is 1. The zero-order valence-electron chi connectivity index (χ0n) is 14.2. The molecule has 0 fully saturated rings. The van der Waals surface area contributed by atoms with E-state index in [0.717, 1.165) is 28.6 Å². The molecule has 0 spiro atoms. The van der Waals surface area contributed by atoms with E-state index in [0.29, 0.717) is 27.8 Å². The number of hydrogen-bond acceptors (Lipinski definition) is 4. The number of nitrogens with one attached hydrogen (secondary N) is 2. The highest BCUT2D eigenvalue weighted by Crippen LogP contribution is 2.30. The lowest BCUT2D eigenvalue weighted by molar-refractivity contribution is 0.607. The first-order valence-corrected chi connectivity index (χ1v) is 10.4. The Morgan fingerprint density at radius 2 is 1.81 bits per heavy atom. The standard InChI is InChI=1S/C18H17Cl2N3O2S/c1-11-8-17(21-10-12-6-7-14(19)15(20)9-12)13-4-3-5-16(18(13)22-11)23-26(2,24)25/h3-9,23H,10H2,1-2H3,(H,21,22). The zero-order chi connectivity index (χ0) is 18.9. The maximum absolute atomic E-state index is 11.6. The lowest BCUT2D eigenvalue weighted by atomic mass is 10.1. The number of pyridine rings is 1. The van der Waals surface area contributed by atoms with E-state index in [1.165, 1.54) is 0 Å². The van der Waals surface area contributed by atoms with Crippen LogP contribution in [0.15, 0.2) is 42.5 Å². The van der Waals surface area contributed by atoms with Crippen LogP contribution in [-0.2, 0) is 16.6 Å². The first kappa shape index (κ1) is 18.8. The minimum absolute atomic E-state index is 0.450. The Kier molecular flexibility index (Phi) is 5.27. The van der Waals surface area contributed by atoms with Gasteiger partial charge in [-0.3, -0.25) is 9.71 Å². The van der Waals surface area contributed by atoms with Gasteiger partial charge in [0.1, 0.15) is 0 Å². The summed E-state index contributed by atoms with van der Waals surface area (Å²) in [7, 11) is -3.40. The summed E-state index contributed by atoms with van der Waals surface area (Å²) < 4.78 is 25.7. The summed E-state index contributed by atoms with van der Waals surface area (Å²) in [4.78, 5) is 4.50. The van der Waals surface area contributed by atoms with Gasteiger partial charge in [0.2, 0.25) is 10.0 Å². The molecular weight excluding hydrogens is 393 g/mol. The predicted octanol–water partition coefficient (Wildman–Crippen LogP) is 4.83. The third kappa shape index (κ3) is 4.38. The Hall–Kier alpha value is -2.02. The van der Waals surface area contributed by atoms with Crippen LogP contribution in [-0.4, -0.2) is 19.7 Å². The number of aromatic nitrogens is 1. The van der Waals surface area contributed by atoms with Gasteiger partial charge >= 0.3 is 0 Å². The molecule has 1 heterocycles. The highest BCUT2D eigenvalue weighted by atomic mass is 35.5. The quantitative estimate of drug-likeness (QED) is 0.632. The number of halogens is 2. The SMILES string of the molecule is Cc1cc(NCc2ccc(Cl)c(Cl)c2)c2cccc(NS(C)(=O)=O)c2n1. The number of anilines is 2. The molecule has 0 aliphatic heterocycles. The van der Waals surface area contributed by atoms with E-state index in [-0.39, 0.29) is 0 Å². The van der Waals surface area contributed by atoms with Crippen molar-refractivity contribution >= 4 is 55.5 Å². The Labute approximate surface area is 162 Å². The third-order valence-electron chi connectivity index (χ3n) is 3.73. The van der Waals surface area contributed by atoms with Gasteiger partial charge in [0.05, 0.1) is 27.5 Å². The van der Waals surface area contributed by atoms with Crippen molar-refractivity contribution < 1.29 is 8.42 Å². The van der Waals surface area contributed by atoms with Crippen molar-refractivity contribution in [2.75, 3.05) is 16.3 Å². The molecule has 0 radical (unpaired) electrons. The fourth-order valence-corrected chi connectivity index (χ4v) is 3.54. The fraction of sp³-hybridized carbons (Fsp3) is 0.167. The average Bonchev–Trinajstić information content (AvgIpc) is 2.55. The van der Waals surface area contributed by atoms with Gasteiger partial charge in [0, 0.05) is 23.3 Å². The monoisotopic (exact) mass is 409 g/mol. The molecule has 0 amide bonds. The number of para-hydroxylation sites is 1. The predicted molar refractivity (Wildman–Crippen MR) is 109 cm³/mol. The maximum atomic E-state index is 11.6. The molecule has 3 aromatic rings. The second-order valence-electron chi connectivity index (χ2n) is 5.99. The number of nitrogens with zero attached hydrogens (tertiary/aromatic N) is 1. The first-order chi connectivity index (χ1) is 12.2. The molecule has 0 aliphatic rings. The van der Waals surface area contributed by atoms with Crippen LogP contribution in [0.1, 0.15) is 11.3 Å². The van der Waals surface area contributed by atoms with Gasteiger partial charge in [-0.05, 0) is 36.8 Å². The van der Waals surface area contributed by atoms with Gasteiger partial charge in [-0.25, -0.2) is 8.42 Å². The van der Waals surface area contributed by atoms with Crippen molar-refractivity contribution in [1.82, 2.24) is 4.98 Å². The average molecular weight is 410 g/mol. The van der Waals surface area contributed by atoms with Gasteiger partial charge in [0.25, 0.3) is 0 Å². The van der Waals surface area contributed by atoms with Crippen molar-refractivity contribution in [2.24, 2.45) is 0 Å². The van der Waals surface area contributed by atoms with E-state index < -0.39 is 10.0 Å². The van der Waals surface area contributed by atoms with Gasteiger partial charge in [-0.1, -0.05) is 41.4 Å². The van der Waals surface area contributed by atoms with E-state index in [2.05, 4.69) is 15.0 Å². The summed E-state index contributed by atoms with van der Waals surface area (Å²) in [5.41, 5.74) is 3.65. The topological polar surface area (TPSA) is 71.1 Å². The van der Waals surface area contributed by atoms with Gasteiger partial charge in [0.15, 0.2) is 0 Å². The first-order valence-electron chi connectivity index (χ1n) is 7.79. The second kappa shape index (κ2) is 7.31. The normalized spacial score (nSPS) is 11.5. The lowest BCUT2D eigenvalue weighted by Gasteiger charge is -2.14. The Bertz CT molecular complexity index is 1090. The zero-order valence-corrected chi connectivity index (χ0v) is 16.5. The van der Waals surface area contributed by atoms with Crippen LogP contribution in [0.3, 0.4) is 0 Å². The van der Waals surface area contributed by atoms with E-state index in [1.807, 2.05) is 31.2 Å². The van der Waals surface area contributed by atoms with Crippen LogP contribution < -0.4 is 10.0 Å². The molecule has 1 aromatic heterocycles. The number of hydrogen-bond donors (Lipinski definition) is 2. The minimum Gasteiger partial charge on any atom is -0.380 e. The molecule has 0 unspecified atom stereocenters. The van der Waals surface area contributed by atoms with Crippen molar-refractivity contribution in [2.45, 2.75) is 13.5 Å². The molecule has 0 atom stereocenters.